The van der Waals surface area contributed by atoms with Crippen LogP contribution in [0.1, 0.15) is 24.1 Å². The number of hydrogen-bond acceptors (Lipinski definition) is 5. The van der Waals surface area contributed by atoms with E-state index in [0.717, 1.165) is 44.3 Å². The summed E-state index contributed by atoms with van der Waals surface area (Å²) in [6.07, 6.45) is -4.07. The number of aromatic nitrogens is 3. The van der Waals surface area contributed by atoms with E-state index in [9.17, 15) is 22.0 Å². The lowest BCUT2D eigenvalue weighted by atomic mass is 10.00. The van der Waals surface area contributed by atoms with E-state index in [4.69, 9.17) is 10.5 Å². The minimum atomic E-state index is -4.67. The molecule has 5 fully saturated rings. The summed E-state index contributed by atoms with van der Waals surface area (Å²) in [7, 11) is 0. The monoisotopic (exact) mass is 469 g/mol. The SMILES string of the molecule is Nc1ncc(-c2cc([C@]34C5[C@@H](N6CCCOCC6)C[C@@H]3[C@H]54)n(CC(F)F)n2)cc1C(F)(F)F. The maximum Gasteiger partial charge on any atom is 0.419 e. The number of alkyl halides is 5. The number of pyridine rings is 1. The minimum Gasteiger partial charge on any atom is -0.383 e. The molecule has 2 N–H and O–H groups in total. The Morgan fingerprint density at radius 1 is 1.18 bits per heavy atom. The fourth-order valence-corrected chi connectivity index (χ4v) is 6.68. The highest BCUT2D eigenvalue weighted by Gasteiger charge is 2.93. The summed E-state index contributed by atoms with van der Waals surface area (Å²) in [6.45, 7) is 2.71. The Bertz CT molecular complexity index is 1070. The largest absolute Gasteiger partial charge is 0.419 e. The molecule has 178 valence electrons. The Morgan fingerprint density at radius 2 is 2.00 bits per heavy atom. The number of nitrogens with two attached hydrogens (primary N) is 1. The molecule has 33 heavy (non-hydrogen) atoms. The lowest BCUT2D eigenvalue weighted by molar-refractivity contribution is -0.137. The van der Waals surface area contributed by atoms with Crippen LogP contribution in [0, 0.1) is 17.8 Å². The molecule has 0 amide bonds. The van der Waals surface area contributed by atoms with Gasteiger partial charge in [-0.3, -0.25) is 9.58 Å². The first-order chi connectivity index (χ1) is 15.7. The van der Waals surface area contributed by atoms with Crippen molar-refractivity contribution in [1.82, 2.24) is 19.7 Å². The van der Waals surface area contributed by atoms with Crippen LogP contribution < -0.4 is 5.73 Å². The average Bonchev–Trinajstić information content (AvgIpc) is 3.42. The zero-order chi connectivity index (χ0) is 23.1. The van der Waals surface area contributed by atoms with Gasteiger partial charge in [-0.05, 0) is 42.7 Å². The van der Waals surface area contributed by atoms with Crippen LogP contribution >= 0.6 is 0 Å². The molecule has 0 spiro atoms. The first kappa shape index (κ1) is 21.3. The number of anilines is 1. The number of nitrogen functional groups attached to an aromatic ring is 1. The van der Waals surface area contributed by atoms with Crippen LogP contribution in [0.4, 0.5) is 27.8 Å². The molecule has 11 heteroatoms. The lowest BCUT2D eigenvalue weighted by Crippen LogP contribution is -2.37. The molecule has 0 radical (unpaired) electrons. The Kier molecular flexibility index (Phi) is 4.59. The van der Waals surface area contributed by atoms with Gasteiger partial charge in [-0.2, -0.15) is 18.3 Å². The van der Waals surface area contributed by atoms with Gasteiger partial charge in [0, 0.05) is 48.6 Å². The number of rotatable bonds is 5. The summed E-state index contributed by atoms with van der Waals surface area (Å²) in [6, 6.07) is 2.98. The van der Waals surface area contributed by atoms with Crippen molar-refractivity contribution in [3.05, 3.63) is 29.6 Å². The van der Waals surface area contributed by atoms with Crippen molar-refractivity contribution in [3.8, 4) is 11.3 Å². The third kappa shape index (κ3) is 3.11. The second-order valence-electron chi connectivity index (χ2n) is 9.54. The van der Waals surface area contributed by atoms with Crippen molar-refractivity contribution in [2.75, 3.05) is 32.0 Å². The van der Waals surface area contributed by atoms with Gasteiger partial charge in [-0.1, -0.05) is 0 Å². The fourth-order valence-electron chi connectivity index (χ4n) is 6.68. The van der Waals surface area contributed by atoms with Gasteiger partial charge in [0.05, 0.1) is 17.9 Å². The van der Waals surface area contributed by atoms with Crippen molar-refractivity contribution in [2.24, 2.45) is 17.8 Å². The molecule has 2 aromatic heterocycles. The van der Waals surface area contributed by atoms with Crippen molar-refractivity contribution in [1.29, 1.82) is 0 Å². The van der Waals surface area contributed by atoms with Gasteiger partial charge < -0.3 is 10.5 Å². The maximum atomic E-state index is 13.4. The van der Waals surface area contributed by atoms with E-state index in [0.29, 0.717) is 30.4 Å². The van der Waals surface area contributed by atoms with Crippen LogP contribution in [0.5, 0.6) is 0 Å². The molecule has 2 aromatic rings. The molecular weight excluding hydrogens is 445 g/mol. The van der Waals surface area contributed by atoms with E-state index in [2.05, 4.69) is 15.0 Å². The van der Waals surface area contributed by atoms with Gasteiger partial charge in [0.1, 0.15) is 12.4 Å². The first-order valence-electron chi connectivity index (χ1n) is 11.2. The zero-order valence-electron chi connectivity index (χ0n) is 17.7. The molecular formula is C22H24F5N5O. The molecule has 7 rings (SSSR count). The van der Waals surface area contributed by atoms with Gasteiger partial charge >= 0.3 is 6.18 Å². The van der Waals surface area contributed by atoms with E-state index >= 15 is 0 Å². The number of fused-ring (bicyclic) bond motifs is 1. The van der Waals surface area contributed by atoms with E-state index in [1.807, 2.05) is 0 Å². The van der Waals surface area contributed by atoms with Gasteiger partial charge in [0.2, 0.25) is 0 Å². The molecule has 5 atom stereocenters. The molecule has 1 saturated heterocycles. The summed E-state index contributed by atoms with van der Waals surface area (Å²) in [5.41, 5.74) is 5.24. The fraction of sp³-hybridized carbons (Fsp3) is 0.636. The van der Waals surface area contributed by atoms with Crippen LogP contribution in [-0.4, -0.2) is 58.4 Å². The summed E-state index contributed by atoms with van der Waals surface area (Å²) >= 11 is 0. The highest BCUT2D eigenvalue weighted by Crippen LogP contribution is 2.91. The number of hydrogen-bond donors (Lipinski definition) is 1. The standard InChI is InChI=1S/C22H24F5N5O/c23-17(24)10-32-16(8-14(30-32)11-6-13(22(25,26)27)20(28)29-9-11)21-12-7-15(19(21)18(12)21)31-2-1-4-33-5-3-31/h6,8-9,12,15,17-19H,1-5,7,10H2,(H2,28,29)/t12-,15+,18-,19?,21-/m1/s1. The summed E-state index contributed by atoms with van der Waals surface area (Å²) < 4.78 is 73.5. The van der Waals surface area contributed by atoms with Crippen LogP contribution in [-0.2, 0) is 22.9 Å². The van der Waals surface area contributed by atoms with Crippen LogP contribution in [0.3, 0.4) is 0 Å². The predicted octanol–water partition coefficient (Wildman–Crippen LogP) is 3.42. The first-order valence-corrected chi connectivity index (χ1v) is 11.2. The van der Waals surface area contributed by atoms with Crippen LogP contribution in [0.2, 0.25) is 0 Å². The van der Waals surface area contributed by atoms with Gasteiger partial charge in [-0.15, -0.1) is 0 Å². The molecule has 4 aliphatic carbocycles. The minimum absolute atomic E-state index is 0.119. The molecule has 2 bridgehead atoms. The Morgan fingerprint density at radius 3 is 2.73 bits per heavy atom. The maximum absolute atomic E-state index is 13.4. The lowest BCUT2D eigenvalue weighted by Gasteiger charge is -2.27. The third-order valence-corrected chi connectivity index (χ3v) is 8.01. The van der Waals surface area contributed by atoms with Crippen molar-refractivity contribution >= 4 is 5.82 Å². The van der Waals surface area contributed by atoms with Gasteiger partial charge in [0.15, 0.2) is 0 Å². The molecule has 6 nitrogen and oxygen atoms in total. The molecule has 4 saturated carbocycles. The Labute approximate surface area is 186 Å². The summed E-state index contributed by atoms with van der Waals surface area (Å²) in [5, 5.41) is 4.31. The van der Waals surface area contributed by atoms with Gasteiger partial charge in [0.25, 0.3) is 6.43 Å². The number of halogens is 5. The number of ether oxygens (including phenoxy) is 1. The Balaban J connectivity index is 1.33. The van der Waals surface area contributed by atoms with E-state index in [1.54, 1.807) is 6.07 Å². The summed E-state index contributed by atoms with van der Waals surface area (Å²) in [5.74, 6) is 0.636. The van der Waals surface area contributed by atoms with E-state index in [-0.39, 0.29) is 16.7 Å². The van der Waals surface area contributed by atoms with Crippen LogP contribution in [0.15, 0.2) is 18.3 Å². The normalized spacial score (nSPS) is 33.3. The predicted molar refractivity (Wildman–Crippen MR) is 108 cm³/mol. The van der Waals surface area contributed by atoms with E-state index < -0.39 is 30.5 Å². The van der Waals surface area contributed by atoms with Gasteiger partial charge in [-0.25, -0.2) is 13.8 Å². The third-order valence-electron chi connectivity index (χ3n) is 8.01. The Hall–Kier alpha value is -2.27. The topological polar surface area (TPSA) is 69.2 Å². The van der Waals surface area contributed by atoms with Crippen LogP contribution in [0.25, 0.3) is 11.3 Å². The zero-order valence-corrected chi connectivity index (χ0v) is 17.7. The molecule has 3 heterocycles. The second kappa shape index (κ2) is 7.11. The van der Waals surface area contributed by atoms with Crippen molar-refractivity contribution in [2.45, 2.75) is 43.4 Å². The molecule has 1 aliphatic heterocycles. The van der Waals surface area contributed by atoms with Crippen molar-refractivity contribution < 1.29 is 26.7 Å². The van der Waals surface area contributed by atoms with E-state index in [1.165, 1.54) is 10.9 Å². The van der Waals surface area contributed by atoms with Crippen molar-refractivity contribution in [3.63, 3.8) is 0 Å². The second-order valence-corrected chi connectivity index (χ2v) is 9.54. The molecule has 1 unspecified atom stereocenters. The average molecular weight is 469 g/mol. The highest BCUT2D eigenvalue weighted by molar-refractivity contribution is 5.65. The molecule has 5 aliphatic rings. The highest BCUT2D eigenvalue weighted by atomic mass is 19.4. The smallest absolute Gasteiger partial charge is 0.383 e. The quantitative estimate of drug-likeness (QED) is 0.680. The summed E-state index contributed by atoms with van der Waals surface area (Å²) in [4.78, 5) is 6.14. The molecule has 0 aromatic carbocycles. The number of nitrogens with zero attached hydrogens (tertiary/aromatic N) is 4.